The highest BCUT2D eigenvalue weighted by atomic mass is 28.3. The maximum absolute atomic E-state index is 14.1. The second kappa shape index (κ2) is 12.6. The van der Waals surface area contributed by atoms with Crippen LogP contribution in [-0.2, 0) is 4.74 Å². The van der Waals surface area contributed by atoms with Crippen LogP contribution in [0.25, 0.3) is 39.1 Å². The number of hydrogen-bond donors (Lipinski definition) is 1. The molecule has 0 radical (unpaired) electrons. The first-order chi connectivity index (χ1) is 20.9. The van der Waals surface area contributed by atoms with Gasteiger partial charge in [0.05, 0.1) is 18.2 Å². The van der Waals surface area contributed by atoms with E-state index in [1.807, 2.05) is 0 Å². The van der Waals surface area contributed by atoms with Crippen LogP contribution in [0.1, 0.15) is 0 Å². The highest BCUT2D eigenvalue weighted by molar-refractivity contribution is 6.76. The largest absolute Gasteiger partial charge is 0.497 e. The molecule has 44 heavy (non-hydrogen) atoms. The van der Waals surface area contributed by atoms with Crippen LogP contribution in [0.2, 0.25) is 25.7 Å². The molecule has 0 amide bonds. The molecule has 3 heterocycles. The number of fused-ring (bicyclic) bond motifs is 1. The van der Waals surface area contributed by atoms with Gasteiger partial charge in [-0.2, -0.15) is 18.3 Å². The molecule has 0 spiro atoms. The van der Waals surface area contributed by atoms with Gasteiger partial charge in [0.2, 0.25) is 5.95 Å². The molecule has 5 rings (SSSR count). The number of nitrogens with one attached hydrogen (secondary N) is 1. The minimum atomic E-state index is -4.53. The third kappa shape index (κ3) is 7.31. The molecule has 0 saturated carbocycles. The second-order valence-electron chi connectivity index (χ2n) is 11.4. The van der Waals surface area contributed by atoms with Gasteiger partial charge in [0, 0.05) is 43.7 Å². The Morgan fingerprint density at radius 1 is 1.00 bits per heavy atom. The van der Waals surface area contributed by atoms with Crippen molar-refractivity contribution >= 4 is 24.9 Å². The van der Waals surface area contributed by atoms with Crippen LogP contribution in [0.15, 0.2) is 72.0 Å². The number of rotatable bonds is 11. The number of pyridine rings is 1. The van der Waals surface area contributed by atoms with E-state index >= 15 is 0 Å². The maximum Gasteiger partial charge on any atom is 0.406 e. The molecule has 0 bridgehead atoms. The molecule has 0 aliphatic carbocycles. The Hall–Kier alpha value is -4.56. The van der Waals surface area contributed by atoms with Gasteiger partial charge in [-0.25, -0.2) is 15.0 Å². The van der Waals surface area contributed by atoms with Gasteiger partial charge in [-0.05, 0) is 35.9 Å². The van der Waals surface area contributed by atoms with Crippen LogP contribution >= 0.6 is 0 Å². The zero-order valence-corrected chi connectivity index (χ0v) is 25.7. The predicted octanol–water partition coefficient (Wildman–Crippen LogP) is 5.92. The fraction of sp³-hybridized carbons (Fsp3) is 0.300. The highest BCUT2D eigenvalue weighted by Crippen LogP contribution is 2.29. The molecule has 0 aliphatic rings. The second-order valence-corrected chi connectivity index (χ2v) is 17.0. The van der Waals surface area contributed by atoms with Crippen molar-refractivity contribution in [3.8, 4) is 34.0 Å². The van der Waals surface area contributed by atoms with Gasteiger partial charge >= 0.3 is 6.18 Å². The van der Waals surface area contributed by atoms with Gasteiger partial charge in [0.15, 0.2) is 5.82 Å². The first kappa shape index (κ1) is 30.9. The summed E-state index contributed by atoms with van der Waals surface area (Å²) in [5, 5.41) is 7.13. The fourth-order valence-electron chi connectivity index (χ4n) is 4.53. The summed E-state index contributed by atoms with van der Waals surface area (Å²) in [5.74, 6) is 0.978. The molecule has 5 aromatic rings. The molecule has 2 aromatic carbocycles. The lowest BCUT2D eigenvalue weighted by molar-refractivity contribution is -0.122. The number of H-pyrrole nitrogens is 1. The van der Waals surface area contributed by atoms with Gasteiger partial charge in [-0.1, -0.05) is 43.9 Å². The van der Waals surface area contributed by atoms with E-state index in [1.165, 1.54) is 17.1 Å². The van der Waals surface area contributed by atoms with E-state index in [1.54, 1.807) is 61.8 Å². The number of methoxy groups -OCH3 is 1. The summed E-state index contributed by atoms with van der Waals surface area (Å²) in [7, 11) is 0.0938. The molecular formula is C30H32F3N7O3Si. The Morgan fingerprint density at radius 3 is 2.32 bits per heavy atom. The lowest BCUT2D eigenvalue weighted by atomic mass is 10.0. The third-order valence-corrected chi connectivity index (χ3v) is 8.56. The zero-order valence-electron chi connectivity index (χ0n) is 24.7. The molecule has 0 aliphatic heterocycles. The normalized spacial score (nSPS) is 12.1. The van der Waals surface area contributed by atoms with Crippen molar-refractivity contribution in [2.75, 3.05) is 31.9 Å². The number of aromatic nitrogens is 6. The Kier molecular flexibility index (Phi) is 8.83. The molecule has 3 aromatic heterocycles. The Morgan fingerprint density at radius 2 is 1.70 bits per heavy atom. The molecule has 1 N–H and O–H groups in total. The average molecular weight is 624 g/mol. The van der Waals surface area contributed by atoms with Crippen LogP contribution in [0, 0.1) is 0 Å². The summed E-state index contributed by atoms with van der Waals surface area (Å²) >= 11 is 0. The molecular weight excluding hydrogens is 591 g/mol. The fourth-order valence-corrected chi connectivity index (χ4v) is 5.28. The van der Waals surface area contributed by atoms with Gasteiger partial charge < -0.3 is 14.4 Å². The molecule has 0 unspecified atom stereocenters. The van der Waals surface area contributed by atoms with Crippen LogP contribution < -0.4 is 15.2 Å². The highest BCUT2D eigenvalue weighted by Gasteiger charge is 2.32. The van der Waals surface area contributed by atoms with Crippen LogP contribution in [0.3, 0.4) is 0 Å². The topological polar surface area (TPSA) is 111 Å². The number of ether oxygens (including phenoxy) is 2. The van der Waals surface area contributed by atoms with Crippen molar-refractivity contribution in [3.05, 3.63) is 77.6 Å². The Balaban J connectivity index is 1.62. The van der Waals surface area contributed by atoms with E-state index in [2.05, 4.69) is 44.8 Å². The van der Waals surface area contributed by atoms with Gasteiger partial charge in [0.1, 0.15) is 25.4 Å². The first-order valence-corrected chi connectivity index (χ1v) is 17.5. The monoisotopic (exact) mass is 623 g/mol. The number of hydrogen-bond acceptors (Lipinski definition) is 8. The van der Waals surface area contributed by atoms with Crippen LogP contribution in [0.4, 0.5) is 19.1 Å². The summed E-state index contributed by atoms with van der Waals surface area (Å²) in [4.78, 5) is 28.0. The number of halogens is 3. The van der Waals surface area contributed by atoms with Crippen molar-refractivity contribution in [3.63, 3.8) is 0 Å². The smallest absolute Gasteiger partial charge is 0.406 e. The summed E-state index contributed by atoms with van der Waals surface area (Å²) in [6, 6.07) is 14.8. The molecule has 14 heteroatoms. The van der Waals surface area contributed by atoms with Crippen molar-refractivity contribution in [2.45, 2.75) is 31.9 Å². The van der Waals surface area contributed by atoms with E-state index in [0.717, 1.165) is 16.5 Å². The standard InChI is InChI=1S/C30H32F3N7O3Si/c1-42-24-11-9-23(10-12-24)40-16-22-15-34-29(39(17-30(31,32)33)19-43-13-14-44(2,3)4)37-26(22)25(28(40)41)20-5-7-21(8-6-20)27-35-18-36-38-27/h5-12,15-16,18H,13-14,17,19H2,1-4H3,(H,35,36,38). The van der Waals surface area contributed by atoms with Gasteiger partial charge in [-0.15, -0.1) is 0 Å². The van der Waals surface area contributed by atoms with E-state index in [4.69, 9.17) is 9.47 Å². The minimum Gasteiger partial charge on any atom is -0.497 e. The van der Waals surface area contributed by atoms with Crippen molar-refractivity contribution in [2.24, 2.45) is 0 Å². The molecule has 0 fully saturated rings. The summed E-state index contributed by atoms with van der Waals surface area (Å²) in [6.45, 7) is 5.15. The van der Waals surface area contributed by atoms with Gasteiger partial charge in [0.25, 0.3) is 5.56 Å². The maximum atomic E-state index is 14.1. The van der Waals surface area contributed by atoms with E-state index in [9.17, 15) is 18.0 Å². The van der Waals surface area contributed by atoms with E-state index < -0.39 is 26.4 Å². The quantitative estimate of drug-likeness (QED) is 0.110. The zero-order chi connectivity index (χ0) is 31.5. The van der Waals surface area contributed by atoms with Crippen molar-refractivity contribution in [1.82, 2.24) is 29.7 Å². The number of anilines is 1. The average Bonchev–Trinajstić information content (AvgIpc) is 3.53. The number of alkyl halides is 3. The third-order valence-electron chi connectivity index (χ3n) is 6.85. The Bertz CT molecular complexity index is 1770. The first-order valence-electron chi connectivity index (χ1n) is 13.8. The molecule has 230 valence electrons. The SMILES string of the molecule is COc1ccc(-n2cc3cnc(N(COCC[Si](C)(C)C)CC(F)(F)F)nc3c(-c3ccc(-c4ncn[nH]4)cc3)c2=O)cc1. The van der Waals surface area contributed by atoms with Crippen LogP contribution in [-0.4, -0.2) is 71.0 Å². The molecule has 0 saturated heterocycles. The minimum absolute atomic E-state index is 0.191. The van der Waals surface area contributed by atoms with E-state index in [0.29, 0.717) is 34.8 Å². The van der Waals surface area contributed by atoms with Gasteiger partial charge in [-0.3, -0.25) is 14.5 Å². The van der Waals surface area contributed by atoms with Crippen molar-refractivity contribution in [1.29, 1.82) is 0 Å². The predicted molar refractivity (Wildman–Crippen MR) is 165 cm³/mol. The number of nitrogens with zero attached hydrogens (tertiary/aromatic N) is 6. The van der Waals surface area contributed by atoms with E-state index in [-0.39, 0.29) is 23.8 Å². The lowest BCUT2D eigenvalue weighted by Gasteiger charge is -2.25. The van der Waals surface area contributed by atoms with Crippen molar-refractivity contribution < 1.29 is 22.6 Å². The molecule has 0 atom stereocenters. The summed E-state index contributed by atoms with van der Waals surface area (Å²) in [6.07, 6.45) is -0.137. The van der Waals surface area contributed by atoms with Crippen LogP contribution in [0.5, 0.6) is 5.75 Å². The molecule has 10 nitrogen and oxygen atoms in total. The number of aromatic amines is 1. The summed E-state index contributed by atoms with van der Waals surface area (Å²) < 4.78 is 53.3. The Labute approximate surface area is 252 Å². The summed E-state index contributed by atoms with van der Waals surface area (Å²) in [5.41, 5.74) is 1.84. The number of benzene rings is 2. The lowest BCUT2D eigenvalue weighted by Crippen LogP contribution is -2.37.